The fourth-order valence-corrected chi connectivity index (χ4v) is 1.79. The first-order valence-electron chi connectivity index (χ1n) is 4.60. The number of hydrogen-bond acceptors (Lipinski definition) is 2. The van der Waals surface area contributed by atoms with Crippen molar-refractivity contribution in [2.45, 2.75) is 13.3 Å². The highest BCUT2D eigenvalue weighted by atomic mass is 16.1. The van der Waals surface area contributed by atoms with Gasteiger partial charge < -0.3 is 0 Å². The largest absolute Gasteiger partial charge is 0.293 e. The van der Waals surface area contributed by atoms with E-state index in [-0.39, 0.29) is 11.7 Å². The zero-order valence-corrected chi connectivity index (χ0v) is 7.91. The molecule has 0 aromatic heterocycles. The second-order valence-electron chi connectivity index (χ2n) is 3.55. The molecule has 0 radical (unpaired) electrons. The molecule has 1 aliphatic rings. The van der Waals surface area contributed by atoms with E-state index in [2.05, 4.69) is 0 Å². The SMILES string of the molecule is CC1C(=O)c2ccccc2CC1=C=O. The molecule has 1 aliphatic carbocycles. The maximum Gasteiger partial charge on any atom is 0.170 e. The fourth-order valence-electron chi connectivity index (χ4n) is 1.79. The Morgan fingerprint density at radius 1 is 1.36 bits per heavy atom. The molecule has 1 aromatic carbocycles. The van der Waals surface area contributed by atoms with Gasteiger partial charge in [0, 0.05) is 17.6 Å². The number of fused-ring (bicyclic) bond motifs is 1. The topological polar surface area (TPSA) is 34.1 Å². The molecule has 0 N–H and O–H groups in total. The third kappa shape index (κ3) is 1.21. The lowest BCUT2D eigenvalue weighted by molar-refractivity contribution is 0.0941. The summed E-state index contributed by atoms with van der Waals surface area (Å²) in [7, 11) is 0. The van der Waals surface area contributed by atoms with Crippen molar-refractivity contribution in [1.82, 2.24) is 0 Å². The van der Waals surface area contributed by atoms with Crippen molar-refractivity contribution < 1.29 is 9.59 Å². The van der Waals surface area contributed by atoms with Gasteiger partial charge in [-0.3, -0.25) is 4.79 Å². The summed E-state index contributed by atoms with van der Waals surface area (Å²) in [5, 5.41) is 0. The van der Waals surface area contributed by atoms with E-state index in [1.54, 1.807) is 6.92 Å². The first-order chi connectivity index (χ1) is 6.74. The number of ketones is 1. The van der Waals surface area contributed by atoms with Crippen molar-refractivity contribution >= 4 is 11.7 Å². The third-order valence-corrected chi connectivity index (χ3v) is 2.71. The van der Waals surface area contributed by atoms with Gasteiger partial charge >= 0.3 is 0 Å². The summed E-state index contributed by atoms with van der Waals surface area (Å²) in [5.74, 6) is 1.60. The molecule has 2 rings (SSSR count). The Balaban J connectivity index is 2.58. The van der Waals surface area contributed by atoms with Gasteiger partial charge in [0.1, 0.15) is 5.94 Å². The number of rotatable bonds is 0. The first kappa shape index (κ1) is 8.92. The minimum atomic E-state index is -0.303. The maximum atomic E-state index is 11.8. The van der Waals surface area contributed by atoms with Crippen molar-refractivity contribution in [3.05, 3.63) is 41.0 Å². The zero-order chi connectivity index (χ0) is 10.1. The summed E-state index contributed by atoms with van der Waals surface area (Å²) in [6, 6.07) is 7.43. The summed E-state index contributed by atoms with van der Waals surface area (Å²) < 4.78 is 0. The Morgan fingerprint density at radius 3 is 2.79 bits per heavy atom. The molecule has 0 fully saturated rings. The minimum absolute atomic E-state index is 0.0326. The van der Waals surface area contributed by atoms with Crippen molar-refractivity contribution in [2.24, 2.45) is 5.92 Å². The highest BCUT2D eigenvalue weighted by Gasteiger charge is 2.27. The lowest BCUT2D eigenvalue weighted by atomic mass is 9.81. The van der Waals surface area contributed by atoms with Crippen LogP contribution in [0.1, 0.15) is 22.8 Å². The Hall–Kier alpha value is -1.66. The summed E-state index contributed by atoms with van der Waals surface area (Å²) in [4.78, 5) is 22.4. The molecule has 0 heterocycles. The second kappa shape index (κ2) is 3.24. The van der Waals surface area contributed by atoms with Gasteiger partial charge in [-0.15, -0.1) is 0 Å². The Labute approximate surface area is 82.2 Å². The molecular formula is C12H10O2. The number of benzene rings is 1. The normalized spacial score (nSPS) is 20.2. The molecule has 1 aromatic rings. The van der Waals surface area contributed by atoms with E-state index in [1.807, 2.05) is 30.2 Å². The highest BCUT2D eigenvalue weighted by Crippen LogP contribution is 2.27. The lowest BCUT2D eigenvalue weighted by Crippen LogP contribution is -2.22. The van der Waals surface area contributed by atoms with E-state index in [1.165, 1.54) is 0 Å². The number of carbonyl (C=O) groups excluding carboxylic acids is 2. The predicted molar refractivity (Wildman–Crippen MR) is 52.8 cm³/mol. The number of carbonyl (C=O) groups is 1. The van der Waals surface area contributed by atoms with Crippen LogP contribution < -0.4 is 0 Å². The van der Waals surface area contributed by atoms with Crippen LogP contribution in [0.4, 0.5) is 0 Å². The Bertz CT molecular complexity index is 439. The van der Waals surface area contributed by atoms with E-state index >= 15 is 0 Å². The number of allylic oxidation sites excluding steroid dienone is 1. The van der Waals surface area contributed by atoms with Gasteiger partial charge in [-0.25, -0.2) is 4.79 Å². The summed E-state index contributed by atoms with van der Waals surface area (Å²) in [5.41, 5.74) is 2.25. The molecule has 0 spiro atoms. The Kier molecular flexibility index (Phi) is 2.06. The Morgan fingerprint density at radius 2 is 2.07 bits per heavy atom. The molecule has 70 valence electrons. The molecular weight excluding hydrogens is 176 g/mol. The van der Waals surface area contributed by atoms with E-state index in [9.17, 15) is 9.59 Å². The van der Waals surface area contributed by atoms with Gasteiger partial charge in [0.05, 0.1) is 5.92 Å². The molecule has 14 heavy (non-hydrogen) atoms. The van der Waals surface area contributed by atoms with Crippen LogP contribution >= 0.6 is 0 Å². The predicted octanol–water partition coefficient (Wildman–Crippen LogP) is 1.82. The quantitative estimate of drug-likeness (QED) is 0.579. The average molecular weight is 186 g/mol. The van der Waals surface area contributed by atoms with Crippen LogP contribution in [0, 0.1) is 5.92 Å². The molecule has 2 heteroatoms. The van der Waals surface area contributed by atoms with Crippen LogP contribution in [0.2, 0.25) is 0 Å². The van der Waals surface area contributed by atoms with Gasteiger partial charge in [0.25, 0.3) is 0 Å². The van der Waals surface area contributed by atoms with E-state index in [0.717, 1.165) is 11.1 Å². The molecule has 1 unspecified atom stereocenters. The monoisotopic (exact) mass is 186 g/mol. The lowest BCUT2D eigenvalue weighted by Gasteiger charge is -2.20. The van der Waals surface area contributed by atoms with E-state index in [0.29, 0.717) is 12.0 Å². The van der Waals surface area contributed by atoms with E-state index in [4.69, 9.17) is 0 Å². The summed E-state index contributed by atoms with van der Waals surface area (Å²) in [6.45, 7) is 1.76. The molecule has 2 nitrogen and oxygen atoms in total. The number of Topliss-reactive ketones (excluding diaryl/α,β-unsaturated/α-hetero) is 1. The van der Waals surface area contributed by atoms with Crippen molar-refractivity contribution in [3.63, 3.8) is 0 Å². The fraction of sp³-hybridized carbons (Fsp3) is 0.250. The van der Waals surface area contributed by atoms with Crippen LogP contribution in [0.15, 0.2) is 29.8 Å². The molecule has 0 amide bonds. The van der Waals surface area contributed by atoms with Gasteiger partial charge in [0.15, 0.2) is 5.78 Å². The van der Waals surface area contributed by atoms with Gasteiger partial charge in [-0.2, -0.15) is 0 Å². The van der Waals surface area contributed by atoms with Crippen molar-refractivity contribution in [2.75, 3.05) is 0 Å². The second-order valence-corrected chi connectivity index (χ2v) is 3.55. The molecule has 0 bridgehead atoms. The van der Waals surface area contributed by atoms with Crippen LogP contribution in [-0.2, 0) is 11.2 Å². The van der Waals surface area contributed by atoms with Crippen LogP contribution in [0.5, 0.6) is 0 Å². The molecule has 0 saturated heterocycles. The standard InChI is InChI=1S/C12H10O2/c1-8-10(7-13)6-9-4-2-3-5-11(9)12(8)14/h2-5,8H,6H2,1H3. The maximum absolute atomic E-state index is 11.8. The smallest absolute Gasteiger partial charge is 0.170 e. The van der Waals surface area contributed by atoms with Crippen LogP contribution in [-0.4, -0.2) is 11.7 Å². The van der Waals surface area contributed by atoms with E-state index < -0.39 is 0 Å². The minimum Gasteiger partial charge on any atom is -0.293 e. The van der Waals surface area contributed by atoms with Crippen molar-refractivity contribution in [1.29, 1.82) is 0 Å². The molecule has 1 atom stereocenters. The van der Waals surface area contributed by atoms with Gasteiger partial charge in [0.2, 0.25) is 0 Å². The van der Waals surface area contributed by atoms with Crippen molar-refractivity contribution in [3.8, 4) is 0 Å². The third-order valence-electron chi connectivity index (χ3n) is 2.71. The number of hydrogen-bond donors (Lipinski definition) is 0. The molecule has 0 aliphatic heterocycles. The summed E-state index contributed by atoms with van der Waals surface area (Å²) in [6.07, 6.45) is 0.562. The van der Waals surface area contributed by atoms with Crippen LogP contribution in [0.3, 0.4) is 0 Å². The van der Waals surface area contributed by atoms with Gasteiger partial charge in [-0.1, -0.05) is 31.2 Å². The average Bonchev–Trinajstić information content (AvgIpc) is 2.23. The molecule has 0 saturated carbocycles. The van der Waals surface area contributed by atoms with Crippen LogP contribution in [0.25, 0.3) is 0 Å². The summed E-state index contributed by atoms with van der Waals surface area (Å²) >= 11 is 0. The first-order valence-corrected chi connectivity index (χ1v) is 4.60. The van der Waals surface area contributed by atoms with Gasteiger partial charge in [-0.05, 0) is 5.56 Å². The zero-order valence-electron chi connectivity index (χ0n) is 7.91. The highest BCUT2D eigenvalue weighted by molar-refractivity contribution is 6.03.